The number of hydrogen-bond donors (Lipinski definition) is 3. The molecule has 2 aromatic heterocycles. The van der Waals surface area contributed by atoms with Crippen LogP contribution in [0.25, 0.3) is 5.65 Å². The zero-order chi connectivity index (χ0) is 29.5. The number of anilines is 2. The Labute approximate surface area is 224 Å². The first kappa shape index (κ1) is 30.7. The van der Waals surface area contributed by atoms with Crippen molar-refractivity contribution in [3.63, 3.8) is 0 Å². The number of fused-ring (bicyclic) bond motifs is 1. The van der Waals surface area contributed by atoms with Crippen LogP contribution in [0, 0.1) is 5.92 Å². The van der Waals surface area contributed by atoms with E-state index in [1.54, 1.807) is 0 Å². The molecule has 0 spiro atoms. The van der Waals surface area contributed by atoms with Gasteiger partial charge in [0.2, 0.25) is 0 Å². The minimum absolute atomic E-state index is 0.496. The van der Waals surface area contributed by atoms with E-state index >= 15 is 0 Å². The number of aromatic nitrogens is 3. The molecule has 0 amide bonds. The Kier molecular flexibility index (Phi) is 9.95. The number of rotatable bonds is 5. The van der Waals surface area contributed by atoms with Crippen molar-refractivity contribution < 1.29 is 46.1 Å². The zero-order valence-electron chi connectivity index (χ0n) is 21.0. The van der Waals surface area contributed by atoms with Crippen LogP contribution in [-0.2, 0) is 9.59 Å². The van der Waals surface area contributed by atoms with E-state index in [4.69, 9.17) is 29.9 Å². The third kappa shape index (κ3) is 9.70. The van der Waals surface area contributed by atoms with E-state index in [9.17, 15) is 26.3 Å². The van der Waals surface area contributed by atoms with E-state index in [1.165, 1.54) is 45.3 Å². The smallest absolute Gasteiger partial charge is 0.475 e. The Bertz CT molecular complexity index is 1250. The number of alkyl halides is 6. The molecular formula is C25H27F6N5O4. The maximum Gasteiger partial charge on any atom is 0.490 e. The maximum atomic E-state index is 10.6. The number of nitrogens with one attached hydrogen (secondary N) is 1. The fraction of sp³-hybridized carbons (Fsp3) is 0.440. The topological polar surface area (TPSA) is 120 Å². The standard InChI is InChI=1S/C21H25N5.2C2HF3O2/c1-2-4-18(5-3-1)22-19-8-9-20-23-21(24-26(20)15-19)17-10-12-25(13-11-17)14-16-6-7-16;2*3-2(4,5)1(6)7/h1-5,8-9,15-17,22H,6-7,10-14H2;2*(H,6,7). The number of pyridine rings is 1. The lowest BCUT2D eigenvalue weighted by Gasteiger charge is -2.30. The highest BCUT2D eigenvalue weighted by molar-refractivity contribution is 5.73. The average Bonchev–Trinajstić information content (AvgIpc) is 3.60. The van der Waals surface area contributed by atoms with E-state index in [0.29, 0.717) is 5.92 Å². The van der Waals surface area contributed by atoms with Crippen LogP contribution in [0.5, 0.6) is 0 Å². The van der Waals surface area contributed by atoms with Gasteiger partial charge in [0.1, 0.15) is 0 Å². The SMILES string of the molecule is O=C(O)C(F)(F)F.O=C(O)C(F)(F)F.c1ccc(Nc2ccc3nc(C4CCN(CC5CC5)CC4)nn3c2)cc1. The second-order valence-corrected chi connectivity index (χ2v) is 9.31. The number of hydrogen-bond acceptors (Lipinski definition) is 6. The first-order valence-electron chi connectivity index (χ1n) is 12.2. The van der Waals surface area contributed by atoms with Crippen molar-refractivity contribution in [1.29, 1.82) is 0 Å². The van der Waals surface area contributed by atoms with Crippen molar-refractivity contribution in [2.75, 3.05) is 25.0 Å². The van der Waals surface area contributed by atoms with Crippen molar-refractivity contribution >= 4 is 29.0 Å². The van der Waals surface area contributed by atoms with Gasteiger partial charge in [-0.05, 0) is 69.0 Å². The molecule has 1 saturated heterocycles. The van der Waals surface area contributed by atoms with Crippen molar-refractivity contribution in [1.82, 2.24) is 19.5 Å². The summed E-state index contributed by atoms with van der Waals surface area (Å²) in [4.78, 5) is 25.2. The van der Waals surface area contributed by atoms with E-state index in [1.807, 2.05) is 35.0 Å². The van der Waals surface area contributed by atoms with Crippen LogP contribution in [0.1, 0.15) is 37.4 Å². The van der Waals surface area contributed by atoms with Gasteiger partial charge in [-0.25, -0.2) is 19.1 Å². The van der Waals surface area contributed by atoms with E-state index in [-0.39, 0.29) is 0 Å². The van der Waals surface area contributed by atoms with Crippen LogP contribution in [0.3, 0.4) is 0 Å². The minimum atomic E-state index is -5.08. The monoisotopic (exact) mass is 575 g/mol. The van der Waals surface area contributed by atoms with Crippen LogP contribution in [0.15, 0.2) is 48.7 Å². The third-order valence-electron chi connectivity index (χ3n) is 6.06. The summed E-state index contributed by atoms with van der Waals surface area (Å²) < 4.78 is 65.4. The largest absolute Gasteiger partial charge is 0.490 e. The highest BCUT2D eigenvalue weighted by Gasteiger charge is 2.39. The van der Waals surface area contributed by atoms with Gasteiger partial charge in [0.15, 0.2) is 11.5 Å². The fourth-order valence-electron chi connectivity index (χ4n) is 3.87. The number of benzene rings is 1. The third-order valence-corrected chi connectivity index (χ3v) is 6.06. The van der Waals surface area contributed by atoms with E-state index in [2.05, 4.69) is 28.4 Å². The number of carbonyl (C=O) groups is 2. The van der Waals surface area contributed by atoms with Crippen LogP contribution in [0.4, 0.5) is 37.7 Å². The lowest BCUT2D eigenvalue weighted by atomic mass is 9.96. The summed E-state index contributed by atoms with van der Waals surface area (Å²) >= 11 is 0. The van der Waals surface area contributed by atoms with E-state index in [0.717, 1.165) is 28.8 Å². The highest BCUT2D eigenvalue weighted by Crippen LogP contribution is 2.33. The second kappa shape index (κ2) is 13.0. The predicted molar refractivity (Wildman–Crippen MR) is 131 cm³/mol. The molecule has 1 aliphatic carbocycles. The Morgan fingerprint density at radius 1 is 0.850 bits per heavy atom. The van der Waals surface area contributed by atoms with Gasteiger partial charge >= 0.3 is 24.3 Å². The van der Waals surface area contributed by atoms with E-state index < -0.39 is 24.3 Å². The summed E-state index contributed by atoms with van der Waals surface area (Å²) in [7, 11) is 0. The summed E-state index contributed by atoms with van der Waals surface area (Å²) in [5.74, 6) is -3.03. The normalized spacial score (nSPS) is 16.4. The van der Waals surface area contributed by atoms with Crippen LogP contribution < -0.4 is 5.32 Å². The molecule has 3 N–H and O–H groups in total. The number of nitrogens with zero attached hydrogens (tertiary/aromatic N) is 4. The Morgan fingerprint density at radius 2 is 1.40 bits per heavy atom. The molecule has 0 atom stereocenters. The summed E-state index contributed by atoms with van der Waals surface area (Å²) in [6, 6.07) is 14.3. The number of piperidine rings is 1. The molecule has 0 unspecified atom stereocenters. The molecule has 0 bridgehead atoms. The molecule has 3 heterocycles. The van der Waals surface area contributed by atoms with Gasteiger partial charge in [-0.3, -0.25) is 0 Å². The molecule has 1 aromatic carbocycles. The second-order valence-electron chi connectivity index (χ2n) is 9.31. The van der Waals surface area contributed by atoms with Crippen LogP contribution in [0.2, 0.25) is 0 Å². The van der Waals surface area contributed by atoms with Gasteiger partial charge in [0, 0.05) is 18.2 Å². The molecule has 2 aliphatic rings. The first-order chi connectivity index (χ1) is 18.7. The number of carboxylic acids is 2. The number of likely N-dealkylation sites (tertiary alicyclic amines) is 1. The summed E-state index contributed by atoms with van der Waals surface area (Å²) in [5, 5.41) is 22.5. The summed E-state index contributed by atoms with van der Waals surface area (Å²) in [6.45, 7) is 3.69. The number of para-hydroxylation sites is 1. The lowest BCUT2D eigenvalue weighted by Crippen LogP contribution is -2.34. The molecule has 15 heteroatoms. The van der Waals surface area contributed by atoms with Gasteiger partial charge in [-0.15, -0.1) is 0 Å². The predicted octanol–water partition coefficient (Wildman–Crippen LogP) is 5.33. The molecule has 1 aliphatic heterocycles. The lowest BCUT2D eigenvalue weighted by molar-refractivity contribution is -0.193. The molecule has 40 heavy (non-hydrogen) atoms. The van der Waals surface area contributed by atoms with Gasteiger partial charge in [-0.2, -0.15) is 31.4 Å². The Balaban J connectivity index is 0.000000263. The zero-order valence-corrected chi connectivity index (χ0v) is 21.0. The Hall–Kier alpha value is -3.88. The highest BCUT2D eigenvalue weighted by atomic mass is 19.4. The molecular weight excluding hydrogens is 548 g/mol. The molecule has 3 aromatic rings. The van der Waals surface area contributed by atoms with Gasteiger partial charge < -0.3 is 20.4 Å². The van der Waals surface area contributed by atoms with Crippen molar-refractivity contribution in [2.24, 2.45) is 5.92 Å². The first-order valence-corrected chi connectivity index (χ1v) is 12.2. The maximum absolute atomic E-state index is 10.6. The quantitative estimate of drug-likeness (QED) is 0.350. The molecule has 218 valence electrons. The molecule has 0 radical (unpaired) electrons. The number of halogens is 6. The van der Waals surface area contributed by atoms with Crippen molar-refractivity contribution in [3.8, 4) is 0 Å². The fourth-order valence-corrected chi connectivity index (χ4v) is 3.87. The van der Waals surface area contributed by atoms with Crippen LogP contribution in [-0.4, -0.2) is 73.6 Å². The Morgan fingerprint density at radius 3 is 1.90 bits per heavy atom. The van der Waals surface area contributed by atoms with Crippen LogP contribution >= 0.6 is 0 Å². The average molecular weight is 576 g/mol. The van der Waals surface area contributed by atoms with Crippen molar-refractivity contribution in [2.45, 2.75) is 44.0 Å². The molecule has 5 rings (SSSR count). The summed E-state index contributed by atoms with van der Waals surface area (Å²) in [6.07, 6.45) is -2.90. The molecule has 9 nitrogen and oxygen atoms in total. The molecule has 2 fully saturated rings. The van der Waals surface area contributed by atoms with Crippen molar-refractivity contribution in [3.05, 3.63) is 54.5 Å². The van der Waals surface area contributed by atoms with Gasteiger partial charge in [0.25, 0.3) is 0 Å². The minimum Gasteiger partial charge on any atom is -0.475 e. The summed E-state index contributed by atoms with van der Waals surface area (Å²) in [5.41, 5.74) is 3.04. The molecule has 1 saturated carbocycles. The number of carboxylic acid groups (broad SMARTS) is 2. The number of aliphatic carboxylic acids is 2. The van der Waals surface area contributed by atoms with Gasteiger partial charge in [0.05, 0.1) is 11.9 Å². The van der Waals surface area contributed by atoms with Gasteiger partial charge in [-0.1, -0.05) is 18.2 Å².